The Kier molecular flexibility index (Phi) is 4.66. The van der Waals surface area contributed by atoms with Crippen LogP contribution in [-0.2, 0) is 0 Å². The minimum atomic E-state index is -0.200. The Morgan fingerprint density at radius 3 is 2.90 bits per heavy atom. The molecule has 1 aromatic heterocycles. The largest absolute Gasteiger partial charge is 0.356 e. The van der Waals surface area contributed by atoms with E-state index < -0.39 is 0 Å². The third-order valence-corrected chi connectivity index (χ3v) is 4.06. The number of nitrogens with zero attached hydrogens (tertiary/aromatic N) is 1. The van der Waals surface area contributed by atoms with Gasteiger partial charge in [-0.25, -0.2) is 0 Å². The fourth-order valence-electron chi connectivity index (χ4n) is 2.90. The number of amides is 1. The topological polar surface area (TPSA) is 55.1 Å². The molecule has 0 saturated heterocycles. The number of nitrogens with one attached hydrogen (secondary N) is 1. The molecular weight excluding hydrogens is 264 g/mol. The lowest BCUT2D eigenvalue weighted by atomic mass is 9.72. The summed E-state index contributed by atoms with van der Waals surface area (Å²) in [5, 5.41) is 6.51. The molecule has 21 heavy (non-hydrogen) atoms. The first-order valence-corrected chi connectivity index (χ1v) is 7.57. The third kappa shape index (κ3) is 3.63. The molecule has 0 saturated carbocycles. The summed E-state index contributed by atoms with van der Waals surface area (Å²) in [4.78, 5) is 11.7. The molecule has 1 aromatic rings. The molecule has 1 aliphatic rings. The van der Waals surface area contributed by atoms with Gasteiger partial charge >= 0.3 is 0 Å². The molecule has 0 unspecified atom stereocenters. The highest BCUT2D eigenvalue weighted by molar-refractivity contribution is 5.92. The number of carbonyl (C=O) groups is 1. The van der Waals surface area contributed by atoms with Crippen LogP contribution in [0, 0.1) is 5.41 Å². The zero-order valence-corrected chi connectivity index (χ0v) is 13.3. The highest BCUT2D eigenvalue weighted by atomic mass is 16.5. The monoisotopic (exact) mass is 288 g/mol. The van der Waals surface area contributed by atoms with E-state index in [1.807, 2.05) is 13.0 Å². The van der Waals surface area contributed by atoms with Crippen molar-refractivity contribution in [3.8, 4) is 0 Å². The van der Waals surface area contributed by atoms with Gasteiger partial charge < -0.3 is 9.84 Å². The predicted molar refractivity (Wildman–Crippen MR) is 83.9 cm³/mol. The molecule has 114 valence electrons. The van der Waals surface area contributed by atoms with Crippen molar-refractivity contribution in [1.82, 2.24) is 10.5 Å². The zero-order chi connectivity index (χ0) is 15.5. The molecule has 2 rings (SSSR count). The van der Waals surface area contributed by atoms with Crippen LogP contribution in [0.1, 0.15) is 63.2 Å². The zero-order valence-electron chi connectivity index (χ0n) is 13.3. The first-order chi connectivity index (χ1) is 9.94. The Morgan fingerprint density at radius 2 is 2.24 bits per heavy atom. The fraction of sp³-hybridized carbons (Fsp3) is 0.529. The lowest BCUT2D eigenvalue weighted by molar-refractivity contribution is 0.0947. The van der Waals surface area contributed by atoms with E-state index in [4.69, 9.17) is 4.52 Å². The van der Waals surface area contributed by atoms with E-state index in [0.717, 1.165) is 6.42 Å². The van der Waals surface area contributed by atoms with Crippen LogP contribution in [0.15, 0.2) is 27.8 Å². The average Bonchev–Trinajstić information content (AvgIpc) is 2.86. The van der Waals surface area contributed by atoms with Crippen LogP contribution >= 0.6 is 0 Å². The average molecular weight is 288 g/mol. The van der Waals surface area contributed by atoms with E-state index >= 15 is 0 Å². The molecule has 0 aliphatic heterocycles. The van der Waals surface area contributed by atoms with Crippen molar-refractivity contribution < 1.29 is 9.32 Å². The van der Waals surface area contributed by atoms with Crippen LogP contribution in [-0.4, -0.2) is 17.6 Å². The number of hydrogen-bond donors (Lipinski definition) is 1. The Bertz CT molecular complexity index is 579. The van der Waals surface area contributed by atoms with Gasteiger partial charge in [0.05, 0.1) is 0 Å². The van der Waals surface area contributed by atoms with Gasteiger partial charge in [0.2, 0.25) is 0 Å². The van der Waals surface area contributed by atoms with E-state index in [1.165, 1.54) is 24.0 Å². The first kappa shape index (κ1) is 15.5. The molecule has 0 spiro atoms. The minimum Gasteiger partial charge on any atom is -0.356 e. The summed E-state index contributed by atoms with van der Waals surface area (Å²) in [6.45, 7) is 9.20. The van der Waals surface area contributed by atoms with E-state index in [2.05, 4.69) is 37.3 Å². The lowest BCUT2D eigenvalue weighted by Crippen LogP contribution is -2.22. The normalized spacial score (nSPS) is 18.3. The summed E-state index contributed by atoms with van der Waals surface area (Å²) in [5.41, 5.74) is 3.32. The molecule has 1 heterocycles. The highest BCUT2D eigenvalue weighted by Crippen LogP contribution is 2.40. The molecule has 1 N–H and O–H groups in total. The van der Waals surface area contributed by atoms with E-state index in [1.54, 1.807) is 6.07 Å². The lowest BCUT2D eigenvalue weighted by Gasteiger charge is -2.32. The standard InChI is InChI=1S/C17H24N2O2/c1-5-18-16(20)15-11-13(21-19-15)8-9-14-12(2)7-6-10-17(14,3)4/h8-9,11H,5-7,10H2,1-4H3,(H,18,20)/b9-8+. The van der Waals surface area contributed by atoms with Crippen LogP contribution in [0.4, 0.5) is 0 Å². The van der Waals surface area contributed by atoms with Crippen molar-refractivity contribution in [1.29, 1.82) is 0 Å². The summed E-state index contributed by atoms with van der Waals surface area (Å²) in [6, 6.07) is 1.67. The Labute approximate surface area is 126 Å². The van der Waals surface area contributed by atoms with Crippen LogP contribution in [0.2, 0.25) is 0 Å². The van der Waals surface area contributed by atoms with Crippen LogP contribution in [0.5, 0.6) is 0 Å². The summed E-state index contributed by atoms with van der Waals surface area (Å²) in [7, 11) is 0. The van der Waals surface area contributed by atoms with Crippen molar-refractivity contribution >= 4 is 12.0 Å². The third-order valence-electron chi connectivity index (χ3n) is 4.06. The Balaban J connectivity index is 2.16. The Morgan fingerprint density at radius 1 is 1.48 bits per heavy atom. The van der Waals surface area contributed by atoms with E-state index in [-0.39, 0.29) is 11.3 Å². The van der Waals surface area contributed by atoms with Crippen LogP contribution in [0.25, 0.3) is 6.08 Å². The minimum absolute atomic E-state index is 0.196. The maximum atomic E-state index is 11.7. The van der Waals surface area contributed by atoms with Gasteiger partial charge in [-0.1, -0.05) is 30.7 Å². The number of hydrogen-bond acceptors (Lipinski definition) is 3. The van der Waals surface area contributed by atoms with Gasteiger partial charge in [0.1, 0.15) is 0 Å². The van der Waals surface area contributed by atoms with Crippen molar-refractivity contribution in [2.24, 2.45) is 5.41 Å². The van der Waals surface area contributed by atoms with Gasteiger partial charge in [0, 0.05) is 12.6 Å². The molecule has 0 radical (unpaired) electrons. The number of allylic oxidation sites excluding steroid dienone is 3. The highest BCUT2D eigenvalue weighted by Gasteiger charge is 2.26. The molecule has 4 heteroatoms. The number of aromatic nitrogens is 1. The van der Waals surface area contributed by atoms with Gasteiger partial charge in [0.15, 0.2) is 11.5 Å². The quantitative estimate of drug-likeness (QED) is 0.912. The number of rotatable bonds is 4. The van der Waals surface area contributed by atoms with Gasteiger partial charge in [-0.2, -0.15) is 0 Å². The van der Waals surface area contributed by atoms with Gasteiger partial charge in [0.25, 0.3) is 5.91 Å². The smallest absolute Gasteiger partial charge is 0.273 e. The van der Waals surface area contributed by atoms with Crippen molar-refractivity contribution in [3.63, 3.8) is 0 Å². The molecule has 0 bridgehead atoms. The summed E-state index contributed by atoms with van der Waals surface area (Å²) in [5.74, 6) is 0.409. The summed E-state index contributed by atoms with van der Waals surface area (Å²) in [6.07, 6.45) is 7.62. The molecule has 0 aromatic carbocycles. The predicted octanol–water partition coefficient (Wildman–Crippen LogP) is 3.96. The molecule has 0 atom stereocenters. The summed E-state index contributed by atoms with van der Waals surface area (Å²) < 4.78 is 5.21. The van der Waals surface area contributed by atoms with Gasteiger partial charge in [-0.05, 0) is 50.2 Å². The van der Waals surface area contributed by atoms with Gasteiger partial charge in [-0.3, -0.25) is 4.79 Å². The molecular formula is C17H24N2O2. The first-order valence-electron chi connectivity index (χ1n) is 7.57. The maximum Gasteiger partial charge on any atom is 0.273 e. The van der Waals surface area contributed by atoms with Gasteiger partial charge in [-0.15, -0.1) is 0 Å². The molecule has 1 aliphatic carbocycles. The second-order valence-corrected chi connectivity index (χ2v) is 6.24. The molecule has 0 fully saturated rings. The number of carbonyl (C=O) groups excluding carboxylic acids is 1. The van der Waals surface area contributed by atoms with E-state index in [0.29, 0.717) is 18.0 Å². The Hall–Kier alpha value is -1.84. The SMILES string of the molecule is CCNC(=O)c1cc(/C=C/C2=C(C)CCCC2(C)C)on1. The van der Waals surface area contributed by atoms with Crippen molar-refractivity contribution in [3.05, 3.63) is 34.7 Å². The maximum absolute atomic E-state index is 11.7. The molecule has 4 nitrogen and oxygen atoms in total. The summed E-state index contributed by atoms with van der Waals surface area (Å²) >= 11 is 0. The van der Waals surface area contributed by atoms with Crippen molar-refractivity contribution in [2.75, 3.05) is 6.54 Å². The molecule has 1 amide bonds. The van der Waals surface area contributed by atoms with Crippen molar-refractivity contribution in [2.45, 2.75) is 47.0 Å². The second kappa shape index (κ2) is 6.29. The second-order valence-electron chi connectivity index (χ2n) is 6.24. The van der Waals surface area contributed by atoms with E-state index in [9.17, 15) is 4.79 Å². The van der Waals surface area contributed by atoms with Crippen LogP contribution in [0.3, 0.4) is 0 Å². The fourth-order valence-corrected chi connectivity index (χ4v) is 2.90. The van der Waals surface area contributed by atoms with Crippen LogP contribution < -0.4 is 5.32 Å².